The molecule has 1 atom stereocenters. The van der Waals surface area contributed by atoms with Crippen LogP contribution in [0.3, 0.4) is 0 Å². The Balaban J connectivity index is 1.31. The summed E-state index contributed by atoms with van der Waals surface area (Å²) >= 11 is 1.62. The molecule has 26 heavy (non-hydrogen) atoms. The minimum absolute atomic E-state index is 0.103. The van der Waals surface area contributed by atoms with Crippen molar-refractivity contribution < 1.29 is 9.32 Å². The molecule has 1 unspecified atom stereocenters. The largest absolute Gasteiger partial charge is 0.339 e. The Morgan fingerprint density at radius 2 is 2.15 bits per heavy atom. The minimum Gasteiger partial charge on any atom is -0.339 e. The number of rotatable bonds is 4. The van der Waals surface area contributed by atoms with E-state index in [4.69, 9.17) is 4.52 Å². The van der Waals surface area contributed by atoms with Gasteiger partial charge in [0.15, 0.2) is 0 Å². The Kier molecular flexibility index (Phi) is 5.53. The van der Waals surface area contributed by atoms with Crippen molar-refractivity contribution in [2.24, 2.45) is 5.92 Å². The van der Waals surface area contributed by atoms with Gasteiger partial charge in [0.2, 0.25) is 11.7 Å². The molecule has 140 valence electrons. The van der Waals surface area contributed by atoms with Crippen molar-refractivity contribution in [3.05, 3.63) is 22.7 Å². The summed E-state index contributed by atoms with van der Waals surface area (Å²) in [5.74, 6) is 1.71. The van der Waals surface area contributed by atoms with Crippen LogP contribution in [-0.4, -0.2) is 40.2 Å². The molecule has 1 aliphatic carbocycles. The van der Waals surface area contributed by atoms with E-state index in [1.165, 1.54) is 19.3 Å². The van der Waals surface area contributed by atoms with Crippen LogP contribution >= 0.6 is 11.3 Å². The topological polar surface area (TPSA) is 71.3 Å². The number of nitrogens with one attached hydrogen (secondary N) is 1. The molecule has 3 heterocycles. The standard InChI is InChI=1S/C19H26N4O2S/c24-19(20-16-6-2-1-3-7-16)23-9-4-5-14(12-23)11-17-21-18(22-25-17)15-8-10-26-13-15/h8,10,13-14,16H,1-7,9,11-12H2,(H,20,24). The van der Waals surface area contributed by atoms with Gasteiger partial charge in [-0.25, -0.2) is 4.79 Å². The Morgan fingerprint density at radius 3 is 2.96 bits per heavy atom. The number of carbonyl (C=O) groups excluding carboxylic acids is 1. The zero-order chi connectivity index (χ0) is 17.8. The summed E-state index contributed by atoms with van der Waals surface area (Å²) in [6.45, 7) is 1.62. The number of hydrogen-bond acceptors (Lipinski definition) is 5. The van der Waals surface area contributed by atoms with Crippen LogP contribution in [0, 0.1) is 5.92 Å². The Bertz CT molecular complexity index is 709. The number of aromatic nitrogens is 2. The van der Waals surface area contributed by atoms with Gasteiger partial charge in [0.05, 0.1) is 0 Å². The van der Waals surface area contributed by atoms with Gasteiger partial charge in [-0.15, -0.1) is 0 Å². The van der Waals surface area contributed by atoms with E-state index >= 15 is 0 Å². The molecule has 4 rings (SSSR count). The molecule has 2 fully saturated rings. The Labute approximate surface area is 158 Å². The first-order valence-corrected chi connectivity index (χ1v) is 10.6. The number of amides is 2. The van der Waals surface area contributed by atoms with Gasteiger partial charge < -0.3 is 14.7 Å². The lowest BCUT2D eigenvalue weighted by Crippen LogP contribution is -2.49. The Hall–Kier alpha value is -1.89. The second-order valence-electron chi connectivity index (χ2n) is 7.47. The SMILES string of the molecule is O=C(NC1CCCCC1)N1CCCC(Cc2nc(-c3ccsc3)no2)C1. The highest BCUT2D eigenvalue weighted by atomic mass is 32.1. The fourth-order valence-electron chi connectivity index (χ4n) is 4.02. The minimum atomic E-state index is 0.103. The molecule has 2 aromatic heterocycles. The quantitative estimate of drug-likeness (QED) is 0.875. The maximum Gasteiger partial charge on any atom is 0.317 e. The van der Waals surface area contributed by atoms with Gasteiger partial charge in [-0.3, -0.25) is 0 Å². The van der Waals surface area contributed by atoms with E-state index in [1.807, 2.05) is 21.7 Å². The molecule has 6 nitrogen and oxygen atoms in total. The molecule has 0 aromatic carbocycles. The first kappa shape index (κ1) is 17.5. The van der Waals surface area contributed by atoms with Gasteiger partial charge in [0.1, 0.15) is 0 Å². The molecule has 2 amide bonds. The highest BCUT2D eigenvalue weighted by Crippen LogP contribution is 2.24. The monoisotopic (exact) mass is 374 g/mol. The van der Waals surface area contributed by atoms with Crippen LogP contribution in [0.5, 0.6) is 0 Å². The van der Waals surface area contributed by atoms with Crippen molar-refractivity contribution in [1.82, 2.24) is 20.4 Å². The lowest BCUT2D eigenvalue weighted by molar-refractivity contribution is 0.156. The zero-order valence-corrected chi connectivity index (χ0v) is 15.8. The number of thiophene rings is 1. The lowest BCUT2D eigenvalue weighted by Gasteiger charge is -2.34. The number of urea groups is 1. The number of carbonyl (C=O) groups is 1. The van der Waals surface area contributed by atoms with Crippen molar-refractivity contribution in [2.75, 3.05) is 13.1 Å². The normalized spacial score (nSPS) is 21.7. The predicted molar refractivity (Wildman–Crippen MR) is 101 cm³/mol. The first-order valence-electron chi connectivity index (χ1n) is 9.68. The molecule has 1 aliphatic heterocycles. The van der Waals surface area contributed by atoms with Gasteiger partial charge >= 0.3 is 6.03 Å². The highest BCUT2D eigenvalue weighted by Gasteiger charge is 2.27. The van der Waals surface area contributed by atoms with Crippen LogP contribution in [0.15, 0.2) is 21.3 Å². The van der Waals surface area contributed by atoms with E-state index in [0.717, 1.165) is 50.8 Å². The third-order valence-electron chi connectivity index (χ3n) is 5.45. The molecule has 2 aliphatic rings. The zero-order valence-electron chi connectivity index (χ0n) is 15.0. The molecule has 1 saturated heterocycles. The van der Waals surface area contributed by atoms with Crippen molar-refractivity contribution in [3.63, 3.8) is 0 Å². The van der Waals surface area contributed by atoms with Crippen molar-refractivity contribution in [1.29, 1.82) is 0 Å². The van der Waals surface area contributed by atoms with E-state index in [-0.39, 0.29) is 6.03 Å². The molecule has 1 saturated carbocycles. The lowest BCUT2D eigenvalue weighted by atomic mass is 9.94. The van der Waals surface area contributed by atoms with Crippen LogP contribution in [0.4, 0.5) is 4.79 Å². The van der Waals surface area contributed by atoms with E-state index < -0.39 is 0 Å². The highest BCUT2D eigenvalue weighted by molar-refractivity contribution is 7.08. The molecule has 2 aromatic rings. The van der Waals surface area contributed by atoms with Crippen LogP contribution in [-0.2, 0) is 6.42 Å². The van der Waals surface area contributed by atoms with Gasteiger partial charge in [0.25, 0.3) is 0 Å². The maximum atomic E-state index is 12.6. The van der Waals surface area contributed by atoms with Crippen LogP contribution < -0.4 is 5.32 Å². The summed E-state index contributed by atoms with van der Waals surface area (Å²) in [7, 11) is 0. The molecule has 7 heteroatoms. The number of hydrogen-bond donors (Lipinski definition) is 1. The fourth-order valence-corrected chi connectivity index (χ4v) is 4.66. The molecule has 1 N–H and O–H groups in total. The first-order chi connectivity index (χ1) is 12.8. The van der Waals surface area contributed by atoms with Crippen LogP contribution in [0.1, 0.15) is 50.8 Å². The van der Waals surface area contributed by atoms with Gasteiger partial charge in [-0.05, 0) is 43.0 Å². The van der Waals surface area contributed by atoms with Crippen molar-refractivity contribution >= 4 is 17.4 Å². The van der Waals surface area contributed by atoms with Gasteiger partial charge in [-0.1, -0.05) is 24.4 Å². The molecular formula is C19H26N4O2S. The van der Waals surface area contributed by atoms with Crippen molar-refractivity contribution in [2.45, 2.75) is 57.4 Å². The average Bonchev–Trinajstić information content (AvgIpc) is 3.34. The summed E-state index contributed by atoms with van der Waals surface area (Å²) in [6.07, 6.45) is 8.89. The van der Waals surface area contributed by atoms with Crippen LogP contribution in [0.25, 0.3) is 11.4 Å². The summed E-state index contributed by atoms with van der Waals surface area (Å²) in [6, 6.07) is 2.46. The van der Waals surface area contributed by atoms with E-state index in [1.54, 1.807) is 11.3 Å². The van der Waals surface area contributed by atoms with Gasteiger partial charge in [-0.2, -0.15) is 16.3 Å². The van der Waals surface area contributed by atoms with E-state index in [0.29, 0.717) is 23.7 Å². The molecule has 0 radical (unpaired) electrons. The number of likely N-dealkylation sites (tertiary alicyclic amines) is 1. The molecule has 0 bridgehead atoms. The summed E-state index contributed by atoms with van der Waals surface area (Å²) in [5.41, 5.74) is 1.00. The summed E-state index contributed by atoms with van der Waals surface area (Å²) in [4.78, 5) is 19.1. The second kappa shape index (κ2) is 8.20. The number of piperidine rings is 1. The fraction of sp³-hybridized carbons (Fsp3) is 0.632. The smallest absolute Gasteiger partial charge is 0.317 e. The molecular weight excluding hydrogens is 348 g/mol. The second-order valence-corrected chi connectivity index (χ2v) is 8.25. The van der Waals surface area contributed by atoms with Crippen molar-refractivity contribution in [3.8, 4) is 11.4 Å². The maximum absolute atomic E-state index is 12.6. The Morgan fingerprint density at radius 1 is 1.27 bits per heavy atom. The summed E-state index contributed by atoms with van der Waals surface area (Å²) < 4.78 is 5.43. The summed E-state index contributed by atoms with van der Waals surface area (Å²) in [5, 5.41) is 11.3. The third kappa shape index (κ3) is 4.26. The van der Waals surface area contributed by atoms with E-state index in [2.05, 4.69) is 15.5 Å². The predicted octanol–water partition coefficient (Wildman–Crippen LogP) is 4.09. The molecule has 0 spiro atoms. The van der Waals surface area contributed by atoms with Crippen LogP contribution in [0.2, 0.25) is 0 Å². The number of nitrogens with zero attached hydrogens (tertiary/aromatic N) is 3. The van der Waals surface area contributed by atoms with E-state index in [9.17, 15) is 4.79 Å². The van der Waals surface area contributed by atoms with Gasteiger partial charge in [0, 0.05) is 36.5 Å². The average molecular weight is 375 g/mol. The third-order valence-corrected chi connectivity index (χ3v) is 6.13.